The SMILES string of the molecule is COCc1c(C(=O)Nc2ccc(F)c(S(=O)(=O)N3CCOCC3)c2)oc2ccccc12. The number of benzene rings is 2. The van der Waals surface area contributed by atoms with Gasteiger partial charge in [-0.05, 0) is 24.3 Å². The van der Waals surface area contributed by atoms with E-state index in [1.165, 1.54) is 13.2 Å². The number of hydrogen-bond donors (Lipinski definition) is 1. The van der Waals surface area contributed by atoms with Crippen LogP contribution in [0.4, 0.5) is 10.1 Å². The molecule has 1 aliphatic rings. The minimum Gasteiger partial charge on any atom is -0.451 e. The minimum absolute atomic E-state index is 0.0463. The van der Waals surface area contributed by atoms with Gasteiger partial charge in [0.05, 0.1) is 19.8 Å². The normalized spacial score (nSPS) is 15.3. The lowest BCUT2D eigenvalue weighted by molar-refractivity contribution is 0.0729. The molecule has 31 heavy (non-hydrogen) atoms. The molecule has 0 spiro atoms. The van der Waals surface area contributed by atoms with Gasteiger partial charge in [-0.2, -0.15) is 4.31 Å². The molecule has 0 saturated carbocycles. The van der Waals surface area contributed by atoms with Crippen LogP contribution in [0.3, 0.4) is 0 Å². The number of ether oxygens (including phenoxy) is 2. The third-order valence-corrected chi connectivity index (χ3v) is 6.88. The molecule has 0 unspecified atom stereocenters. The first-order valence-corrected chi connectivity index (χ1v) is 11.0. The van der Waals surface area contributed by atoms with Crippen molar-refractivity contribution in [2.45, 2.75) is 11.5 Å². The summed E-state index contributed by atoms with van der Waals surface area (Å²) in [5.41, 5.74) is 1.22. The molecule has 1 aliphatic heterocycles. The molecule has 4 rings (SSSR count). The molecule has 3 aromatic rings. The maximum absolute atomic E-state index is 14.4. The summed E-state index contributed by atoms with van der Waals surface area (Å²) < 4.78 is 57.3. The highest BCUT2D eigenvalue weighted by Gasteiger charge is 2.29. The van der Waals surface area contributed by atoms with Crippen LogP contribution < -0.4 is 5.32 Å². The van der Waals surface area contributed by atoms with E-state index in [9.17, 15) is 17.6 Å². The third-order valence-electron chi connectivity index (χ3n) is 4.97. The molecule has 1 saturated heterocycles. The number of hydrogen-bond acceptors (Lipinski definition) is 6. The van der Waals surface area contributed by atoms with Gasteiger partial charge in [0.1, 0.15) is 16.3 Å². The van der Waals surface area contributed by atoms with Gasteiger partial charge in [0.15, 0.2) is 5.76 Å². The summed E-state index contributed by atoms with van der Waals surface area (Å²) >= 11 is 0. The van der Waals surface area contributed by atoms with Gasteiger partial charge in [-0.3, -0.25) is 4.79 Å². The third kappa shape index (κ3) is 4.19. The number of methoxy groups -OCH3 is 1. The largest absolute Gasteiger partial charge is 0.451 e. The summed E-state index contributed by atoms with van der Waals surface area (Å²) in [5, 5.41) is 3.34. The maximum Gasteiger partial charge on any atom is 0.291 e. The number of nitrogens with one attached hydrogen (secondary N) is 1. The first kappa shape index (κ1) is 21.4. The molecular weight excluding hydrogens is 427 g/mol. The van der Waals surface area contributed by atoms with Crippen LogP contribution in [-0.4, -0.2) is 52.0 Å². The first-order valence-electron chi connectivity index (χ1n) is 9.60. The van der Waals surface area contributed by atoms with Crippen LogP contribution >= 0.6 is 0 Å². The number of para-hydroxylation sites is 1. The van der Waals surface area contributed by atoms with Gasteiger partial charge in [-0.25, -0.2) is 12.8 Å². The highest BCUT2D eigenvalue weighted by molar-refractivity contribution is 7.89. The summed E-state index contributed by atoms with van der Waals surface area (Å²) in [5.74, 6) is -1.44. The molecule has 8 nitrogen and oxygen atoms in total. The van der Waals surface area contributed by atoms with E-state index in [1.54, 1.807) is 12.1 Å². The number of sulfonamides is 1. The Kier molecular flexibility index (Phi) is 6.05. The Balaban J connectivity index is 1.65. The lowest BCUT2D eigenvalue weighted by Gasteiger charge is -2.26. The number of amides is 1. The van der Waals surface area contributed by atoms with E-state index in [0.29, 0.717) is 11.1 Å². The van der Waals surface area contributed by atoms with Gasteiger partial charge in [-0.1, -0.05) is 18.2 Å². The van der Waals surface area contributed by atoms with E-state index in [2.05, 4.69) is 5.32 Å². The molecule has 2 aromatic carbocycles. The number of fused-ring (bicyclic) bond motifs is 1. The molecule has 164 valence electrons. The molecule has 1 amide bonds. The molecule has 10 heteroatoms. The maximum atomic E-state index is 14.4. The van der Waals surface area contributed by atoms with E-state index >= 15 is 0 Å². The van der Waals surface area contributed by atoms with E-state index in [0.717, 1.165) is 21.8 Å². The quantitative estimate of drug-likeness (QED) is 0.623. The number of furan rings is 1. The lowest BCUT2D eigenvalue weighted by Crippen LogP contribution is -2.40. The predicted molar refractivity (Wildman–Crippen MR) is 111 cm³/mol. The molecule has 1 N–H and O–H groups in total. The van der Waals surface area contributed by atoms with Crippen LogP contribution in [0.2, 0.25) is 0 Å². The number of halogens is 1. The second-order valence-electron chi connectivity index (χ2n) is 6.95. The Morgan fingerprint density at radius 3 is 2.68 bits per heavy atom. The number of carbonyl (C=O) groups is 1. The van der Waals surface area contributed by atoms with Gasteiger partial charge >= 0.3 is 0 Å². The van der Waals surface area contributed by atoms with Crippen molar-refractivity contribution >= 4 is 32.6 Å². The standard InChI is InChI=1S/C21H21FN2O6S/c1-28-13-16-15-4-2-3-5-18(15)30-20(16)21(25)23-14-6-7-17(22)19(12-14)31(26,27)24-8-10-29-11-9-24/h2-7,12H,8-11,13H2,1H3,(H,23,25). The molecule has 0 radical (unpaired) electrons. The van der Waals surface area contributed by atoms with Crippen molar-refractivity contribution in [2.24, 2.45) is 0 Å². The van der Waals surface area contributed by atoms with Crippen molar-refractivity contribution in [3.05, 3.63) is 59.6 Å². The zero-order chi connectivity index (χ0) is 22.0. The van der Waals surface area contributed by atoms with E-state index in [4.69, 9.17) is 13.9 Å². The average molecular weight is 448 g/mol. The molecule has 0 bridgehead atoms. The molecule has 0 atom stereocenters. The summed E-state index contributed by atoms with van der Waals surface area (Å²) in [4.78, 5) is 12.4. The smallest absolute Gasteiger partial charge is 0.291 e. The van der Waals surface area contributed by atoms with Crippen LogP contribution in [0.5, 0.6) is 0 Å². The Bertz CT molecular complexity index is 1220. The van der Waals surface area contributed by atoms with Crippen LogP contribution in [0.15, 0.2) is 51.8 Å². The zero-order valence-corrected chi connectivity index (χ0v) is 17.6. The Hall–Kier alpha value is -2.79. The number of morpholine rings is 1. The van der Waals surface area contributed by atoms with E-state index in [1.807, 2.05) is 12.1 Å². The van der Waals surface area contributed by atoms with Gasteiger partial charge in [-0.15, -0.1) is 0 Å². The Labute approximate surface area is 178 Å². The van der Waals surface area contributed by atoms with Crippen LogP contribution in [0, 0.1) is 5.82 Å². The van der Waals surface area contributed by atoms with Gasteiger partial charge in [0.2, 0.25) is 10.0 Å². The van der Waals surface area contributed by atoms with E-state index < -0.39 is 26.6 Å². The number of nitrogens with zero attached hydrogens (tertiary/aromatic N) is 1. The fraction of sp³-hybridized carbons (Fsp3) is 0.286. The monoisotopic (exact) mass is 448 g/mol. The fourth-order valence-corrected chi connectivity index (χ4v) is 4.96. The van der Waals surface area contributed by atoms with Crippen molar-refractivity contribution in [3.63, 3.8) is 0 Å². The second-order valence-corrected chi connectivity index (χ2v) is 8.86. The summed E-state index contributed by atoms with van der Waals surface area (Å²) in [6.07, 6.45) is 0. The average Bonchev–Trinajstić information content (AvgIpc) is 3.15. The number of carbonyl (C=O) groups excluding carboxylic acids is 1. The van der Waals surface area contributed by atoms with Crippen molar-refractivity contribution in [1.82, 2.24) is 4.31 Å². The van der Waals surface area contributed by atoms with Crippen molar-refractivity contribution < 1.29 is 31.5 Å². The van der Waals surface area contributed by atoms with Crippen molar-refractivity contribution in [3.8, 4) is 0 Å². The molecule has 1 fully saturated rings. The lowest BCUT2D eigenvalue weighted by atomic mass is 10.1. The summed E-state index contributed by atoms with van der Waals surface area (Å²) in [6.45, 7) is 0.909. The van der Waals surface area contributed by atoms with E-state index in [-0.39, 0.29) is 44.4 Å². The zero-order valence-electron chi connectivity index (χ0n) is 16.8. The molecule has 0 aliphatic carbocycles. The number of anilines is 1. The number of rotatable bonds is 6. The molecule has 2 heterocycles. The van der Waals surface area contributed by atoms with Crippen LogP contribution in [-0.2, 0) is 26.1 Å². The van der Waals surface area contributed by atoms with Crippen molar-refractivity contribution in [1.29, 1.82) is 0 Å². The van der Waals surface area contributed by atoms with Gasteiger partial charge in [0.25, 0.3) is 5.91 Å². The Morgan fingerprint density at radius 2 is 1.94 bits per heavy atom. The van der Waals surface area contributed by atoms with Crippen LogP contribution in [0.1, 0.15) is 16.1 Å². The fourth-order valence-electron chi connectivity index (χ4n) is 3.46. The topological polar surface area (TPSA) is 98.1 Å². The first-order chi connectivity index (χ1) is 14.9. The summed E-state index contributed by atoms with van der Waals surface area (Å²) in [6, 6.07) is 10.6. The van der Waals surface area contributed by atoms with Gasteiger partial charge < -0.3 is 19.2 Å². The predicted octanol–water partition coefficient (Wildman–Crippen LogP) is 2.99. The highest BCUT2D eigenvalue weighted by Crippen LogP contribution is 2.28. The van der Waals surface area contributed by atoms with Crippen LogP contribution in [0.25, 0.3) is 11.0 Å². The minimum atomic E-state index is -4.07. The second kappa shape index (κ2) is 8.75. The Morgan fingerprint density at radius 1 is 1.19 bits per heavy atom. The highest BCUT2D eigenvalue weighted by atomic mass is 32.2. The van der Waals surface area contributed by atoms with Crippen molar-refractivity contribution in [2.75, 3.05) is 38.7 Å². The summed E-state index contributed by atoms with van der Waals surface area (Å²) in [7, 11) is -2.56. The molecular formula is C21H21FN2O6S. The van der Waals surface area contributed by atoms with Gasteiger partial charge in [0, 0.05) is 36.8 Å². The molecule has 1 aromatic heterocycles.